The summed E-state index contributed by atoms with van der Waals surface area (Å²) in [5, 5.41) is 9.93. The van der Waals surface area contributed by atoms with Gasteiger partial charge in [0.1, 0.15) is 11.8 Å². The van der Waals surface area contributed by atoms with Crippen LogP contribution in [0.5, 0.6) is 0 Å². The minimum atomic E-state index is 0.0614. The minimum absolute atomic E-state index is 0.0614. The van der Waals surface area contributed by atoms with E-state index >= 15 is 0 Å². The lowest BCUT2D eigenvalue weighted by molar-refractivity contribution is 0.129. The topological polar surface area (TPSA) is 70.6 Å². The first-order chi connectivity index (χ1) is 19.3. The maximum atomic E-state index is 6.26. The van der Waals surface area contributed by atoms with Gasteiger partial charge in [-0.05, 0) is 63.3 Å². The largest absolute Gasteiger partial charge is 0.349 e. The molecule has 4 heterocycles. The molecule has 208 valence electrons. The molecule has 0 saturated carbocycles. The summed E-state index contributed by atoms with van der Waals surface area (Å²) in [5.41, 5.74) is 4.23. The van der Waals surface area contributed by atoms with Crippen molar-refractivity contribution in [1.82, 2.24) is 38.9 Å². The Morgan fingerprint density at radius 1 is 0.900 bits per heavy atom. The lowest BCUT2D eigenvalue weighted by Crippen LogP contribution is -2.57. The quantitative estimate of drug-likeness (QED) is 0.268. The predicted octanol–water partition coefficient (Wildman–Crippen LogP) is 5.03. The van der Waals surface area contributed by atoms with Crippen molar-refractivity contribution >= 4 is 46.0 Å². The Bertz CT molecular complexity index is 1570. The first-order valence-electron chi connectivity index (χ1n) is 13.5. The van der Waals surface area contributed by atoms with Crippen molar-refractivity contribution < 1.29 is 0 Å². The van der Waals surface area contributed by atoms with Crippen LogP contribution >= 0.6 is 23.2 Å². The summed E-state index contributed by atoms with van der Waals surface area (Å²) in [4.78, 5) is 16.9. The zero-order chi connectivity index (χ0) is 28.0. The van der Waals surface area contributed by atoms with Gasteiger partial charge in [0, 0.05) is 48.3 Å². The first kappa shape index (κ1) is 27.0. The molecule has 9 nitrogen and oxygen atoms in total. The molecule has 11 heteroatoms. The average Bonchev–Trinajstić information content (AvgIpc) is 3.58. The third-order valence-electron chi connectivity index (χ3n) is 7.78. The maximum Gasteiger partial charge on any atom is 0.258 e. The Morgan fingerprint density at radius 3 is 2.17 bits per heavy atom. The van der Waals surface area contributed by atoms with Crippen LogP contribution in [0.2, 0.25) is 10.0 Å². The van der Waals surface area contributed by atoms with E-state index in [1.54, 1.807) is 6.33 Å². The van der Waals surface area contributed by atoms with Gasteiger partial charge in [-0.25, -0.2) is 9.38 Å². The second kappa shape index (κ2) is 11.0. The van der Waals surface area contributed by atoms with Crippen molar-refractivity contribution in [2.24, 2.45) is 0 Å². The Labute approximate surface area is 244 Å². The summed E-state index contributed by atoms with van der Waals surface area (Å²) < 4.78 is 4.10. The predicted molar refractivity (Wildman–Crippen MR) is 160 cm³/mol. The number of aromatic nitrogens is 6. The highest BCUT2D eigenvalue weighted by Crippen LogP contribution is 2.36. The molecule has 40 heavy (non-hydrogen) atoms. The Kier molecular flexibility index (Phi) is 7.39. The molecule has 0 amide bonds. The molecule has 6 rings (SSSR count). The van der Waals surface area contributed by atoms with Crippen molar-refractivity contribution in [2.75, 3.05) is 38.6 Å². The zero-order valence-corrected chi connectivity index (χ0v) is 24.6. The van der Waals surface area contributed by atoms with Crippen molar-refractivity contribution in [3.05, 3.63) is 82.4 Å². The smallest absolute Gasteiger partial charge is 0.258 e. The molecule has 2 aromatic carbocycles. The Morgan fingerprint density at radius 2 is 1.55 bits per heavy atom. The van der Waals surface area contributed by atoms with Gasteiger partial charge in [-0.2, -0.15) is 4.98 Å². The van der Waals surface area contributed by atoms with E-state index in [1.807, 2.05) is 35.0 Å². The molecule has 0 radical (unpaired) electrons. The van der Waals surface area contributed by atoms with E-state index in [4.69, 9.17) is 33.2 Å². The van der Waals surface area contributed by atoms with E-state index < -0.39 is 0 Å². The molecule has 1 aliphatic heterocycles. The summed E-state index contributed by atoms with van der Waals surface area (Å²) in [6, 6.07) is 16.8. The van der Waals surface area contributed by atoms with Crippen molar-refractivity contribution in [3.63, 3.8) is 0 Å². The van der Waals surface area contributed by atoms with Crippen LogP contribution in [0.4, 0.5) is 5.82 Å². The van der Waals surface area contributed by atoms with Gasteiger partial charge in [0.25, 0.3) is 5.78 Å². The minimum Gasteiger partial charge on any atom is -0.349 e. The molecule has 1 saturated heterocycles. The van der Waals surface area contributed by atoms with Crippen molar-refractivity contribution in [2.45, 2.75) is 38.5 Å². The van der Waals surface area contributed by atoms with E-state index in [2.05, 4.69) is 81.7 Å². The summed E-state index contributed by atoms with van der Waals surface area (Å²) >= 11 is 12.5. The van der Waals surface area contributed by atoms with Crippen molar-refractivity contribution in [1.29, 1.82) is 0 Å². The molecule has 1 aliphatic rings. The van der Waals surface area contributed by atoms with Crippen LogP contribution in [0.3, 0.4) is 0 Å². The third-order valence-corrected chi connectivity index (χ3v) is 8.29. The fraction of sp³-hybridized carbons (Fsp3) is 0.379. The van der Waals surface area contributed by atoms with Gasteiger partial charge in [-0.3, -0.25) is 4.90 Å². The van der Waals surface area contributed by atoms with Crippen LogP contribution in [-0.4, -0.2) is 84.7 Å². The number of fused-ring (bicyclic) bond motifs is 3. The second-order valence-electron chi connectivity index (χ2n) is 10.9. The van der Waals surface area contributed by atoms with Crippen LogP contribution in [0.1, 0.15) is 31.0 Å². The molecular formula is C29H33Cl2N9. The van der Waals surface area contributed by atoms with E-state index in [1.165, 1.54) is 11.1 Å². The third kappa shape index (κ3) is 5.03. The number of hydrogen-bond donors (Lipinski definition) is 0. The number of halogens is 2. The van der Waals surface area contributed by atoms with Gasteiger partial charge in [-0.15, -0.1) is 10.2 Å². The van der Waals surface area contributed by atoms with Gasteiger partial charge < -0.3 is 14.4 Å². The highest BCUT2D eigenvalue weighted by molar-refractivity contribution is 6.30. The molecule has 0 N–H and O–H groups in total. The summed E-state index contributed by atoms with van der Waals surface area (Å²) in [5.74, 6) is 1.43. The molecule has 1 fully saturated rings. The lowest BCUT2D eigenvalue weighted by Gasteiger charge is -2.48. The Balaban J connectivity index is 1.37. The number of imidazole rings is 1. The molecule has 0 aliphatic carbocycles. The molecule has 5 aromatic rings. The monoisotopic (exact) mass is 577 g/mol. The van der Waals surface area contributed by atoms with Crippen molar-refractivity contribution in [3.8, 4) is 0 Å². The van der Waals surface area contributed by atoms with E-state index in [0.29, 0.717) is 5.78 Å². The SMILES string of the molecule is C[C@@H]1CN(c2nc3nncn3c3c2ncn3CCN(C)C)[C@@H](C)CN1C(c1ccc(Cl)cc1)c1ccc(Cl)cc1. The van der Waals surface area contributed by atoms with E-state index in [9.17, 15) is 0 Å². The molecule has 3 aromatic heterocycles. The number of hydrogen-bond acceptors (Lipinski definition) is 7. The highest BCUT2D eigenvalue weighted by atomic mass is 35.5. The number of anilines is 1. The number of nitrogens with zero attached hydrogens (tertiary/aromatic N) is 9. The second-order valence-corrected chi connectivity index (χ2v) is 11.8. The molecule has 2 atom stereocenters. The van der Waals surface area contributed by atoms with Crippen LogP contribution in [-0.2, 0) is 6.54 Å². The van der Waals surface area contributed by atoms with E-state index in [0.717, 1.165) is 53.2 Å². The highest BCUT2D eigenvalue weighted by Gasteiger charge is 2.36. The molecule has 0 spiro atoms. The van der Waals surface area contributed by atoms with E-state index in [-0.39, 0.29) is 18.1 Å². The van der Waals surface area contributed by atoms with Crippen LogP contribution in [0, 0.1) is 0 Å². The fourth-order valence-electron chi connectivity index (χ4n) is 5.73. The summed E-state index contributed by atoms with van der Waals surface area (Å²) in [7, 11) is 4.15. The number of rotatable bonds is 7. The summed E-state index contributed by atoms with van der Waals surface area (Å²) in [6.07, 6.45) is 3.62. The number of piperazine rings is 1. The summed E-state index contributed by atoms with van der Waals surface area (Å²) in [6.45, 7) is 7.86. The normalized spacial score (nSPS) is 18.6. The van der Waals surface area contributed by atoms with Gasteiger partial charge in [0.15, 0.2) is 11.5 Å². The number of benzene rings is 2. The first-order valence-corrected chi connectivity index (χ1v) is 14.3. The fourth-order valence-corrected chi connectivity index (χ4v) is 5.99. The molecular weight excluding hydrogens is 545 g/mol. The Hall–Kier alpha value is -3.24. The molecule has 0 unspecified atom stereocenters. The number of likely N-dealkylation sites (N-methyl/N-ethyl adjacent to an activating group) is 1. The standard InChI is InChI=1S/C29H33Cl2N9/c1-19-16-39(27-25-28(40-18-33-35-29(40)34-27)37(17-32-25)14-13-36(3)4)20(2)15-38(19)26(21-5-9-23(30)10-6-21)22-7-11-24(31)12-8-22/h5-12,17-20,26H,13-16H2,1-4H3/t19-,20+/m1/s1. The van der Waals surface area contributed by atoms with Gasteiger partial charge >= 0.3 is 0 Å². The van der Waals surface area contributed by atoms with Gasteiger partial charge in [0.2, 0.25) is 0 Å². The maximum absolute atomic E-state index is 6.26. The van der Waals surface area contributed by atoms with Gasteiger partial charge in [0.05, 0.1) is 12.4 Å². The van der Waals surface area contributed by atoms with Crippen LogP contribution in [0.25, 0.3) is 16.9 Å². The van der Waals surface area contributed by atoms with Crippen LogP contribution < -0.4 is 4.90 Å². The lowest BCUT2D eigenvalue weighted by atomic mass is 9.93. The molecule has 0 bridgehead atoms. The van der Waals surface area contributed by atoms with Gasteiger partial charge in [-0.1, -0.05) is 47.5 Å². The van der Waals surface area contributed by atoms with Crippen LogP contribution in [0.15, 0.2) is 61.2 Å². The average molecular weight is 579 g/mol. The zero-order valence-electron chi connectivity index (χ0n) is 23.1.